The number of benzene rings is 1. The van der Waals surface area contributed by atoms with Crippen molar-refractivity contribution in [3.63, 3.8) is 0 Å². The van der Waals surface area contributed by atoms with E-state index >= 15 is 0 Å². The second kappa shape index (κ2) is 4.56. The quantitative estimate of drug-likeness (QED) is 0.829. The Bertz CT molecular complexity index is 340. The van der Waals surface area contributed by atoms with Gasteiger partial charge in [-0.25, -0.2) is 0 Å². The molecule has 0 saturated carbocycles. The maximum Gasteiger partial charge on any atom is 0.0849 e. The van der Waals surface area contributed by atoms with Gasteiger partial charge in [0.1, 0.15) is 0 Å². The van der Waals surface area contributed by atoms with Gasteiger partial charge in [0.05, 0.1) is 6.10 Å². The SMILES string of the molecule is CN(C)C[C@@H]1CSc2ccccc2[C@@H]1O. The molecule has 1 aliphatic heterocycles. The molecule has 0 unspecified atom stereocenters. The number of nitrogens with zero attached hydrogens (tertiary/aromatic N) is 1. The first-order chi connectivity index (χ1) is 7.18. The van der Waals surface area contributed by atoms with E-state index in [9.17, 15) is 5.11 Å². The van der Waals surface area contributed by atoms with Crippen LogP contribution < -0.4 is 0 Å². The number of aliphatic hydroxyl groups is 1. The largest absolute Gasteiger partial charge is 0.388 e. The van der Waals surface area contributed by atoms with Gasteiger partial charge >= 0.3 is 0 Å². The van der Waals surface area contributed by atoms with E-state index < -0.39 is 0 Å². The van der Waals surface area contributed by atoms with E-state index in [2.05, 4.69) is 25.1 Å². The molecule has 0 fully saturated rings. The molecule has 1 N–H and O–H groups in total. The van der Waals surface area contributed by atoms with Crippen molar-refractivity contribution < 1.29 is 5.11 Å². The maximum atomic E-state index is 10.2. The Labute approximate surface area is 95.3 Å². The van der Waals surface area contributed by atoms with Gasteiger partial charge in [-0.2, -0.15) is 0 Å². The van der Waals surface area contributed by atoms with Crippen molar-refractivity contribution in [1.29, 1.82) is 0 Å². The molecule has 2 nitrogen and oxygen atoms in total. The van der Waals surface area contributed by atoms with Crippen LogP contribution >= 0.6 is 11.8 Å². The molecular weight excluding hydrogens is 206 g/mol. The lowest BCUT2D eigenvalue weighted by atomic mass is 9.96. The highest BCUT2D eigenvalue weighted by molar-refractivity contribution is 7.99. The minimum Gasteiger partial charge on any atom is -0.388 e. The van der Waals surface area contributed by atoms with E-state index in [0.717, 1.165) is 17.9 Å². The second-order valence-electron chi connectivity index (χ2n) is 4.32. The number of fused-ring (bicyclic) bond motifs is 1. The summed E-state index contributed by atoms with van der Waals surface area (Å²) in [5.41, 5.74) is 1.10. The zero-order valence-electron chi connectivity index (χ0n) is 9.18. The van der Waals surface area contributed by atoms with Gasteiger partial charge in [-0.1, -0.05) is 18.2 Å². The fourth-order valence-corrected chi connectivity index (χ4v) is 3.23. The van der Waals surface area contributed by atoms with Gasteiger partial charge in [-0.15, -0.1) is 11.8 Å². The molecule has 1 heterocycles. The van der Waals surface area contributed by atoms with Crippen LogP contribution in [0.15, 0.2) is 29.2 Å². The third-order valence-electron chi connectivity index (χ3n) is 2.74. The topological polar surface area (TPSA) is 23.5 Å². The third kappa shape index (κ3) is 2.36. The Morgan fingerprint density at radius 1 is 1.40 bits per heavy atom. The molecule has 0 aliphatic carbocycles. The fourth-order valence-electron chi connectivity index (χ4n) is 2.02. The molecule has 0 amide bonds. The monoisotopic (exact) mass is 223 g/mol. The van der Waals surface area contributed by atoms with Crippen molar-refractivity contribution in [2.24, 2.45) is 5.92 Å². The molecule has 1 aliphatic rings. The predicted molar refractivity (Wildman–Crippen MR) is 64.2 cm³/mol. The first kappa shape index (κ1) is 11.0. The minimum atomic E-state index is -0.301. The lowest BCUT2D eigenvalue weighted by Gasteiger charge is -2.31. The van der Waals surface area contributed by atoms with E-state index in [0.29, 0.717) is 5.92 Å². The third-order valence-corrected chi connectivity index (χ3v) is 4.01. The van der Waals surface area contributed by atoms with Crippen LogP contribution in [0.1, 0.15) is 11.7 Å². The van der Waals surface area contributed by atoms with Crippen LogP contribution in [0, 0.1) is 5.92 Å². The van der Waals surface area contributed by atoms with Crippen LogP contribution in [0.5, 0.6) is 0 Å². The van der Waals surface area contributed by atoms with Crippen molar-refractivity contribution in [2.45, 2.75) is 11.0 Å². The Morgan fingerprint density at radius 2 is 2.13 bits per heavy atom. The van der Waals surface area contributed by atoms with Gasteiger partial charge in [0, 0.05) is 23.1 Å². The standard InChI is InChI=1S/C12H17NOS/c1-13(2)7-9-8-15-11-6-4-3-5-10(11)12(9)14/h3-6,9,12,14H,7-8H2,1-2H3/t9-,12-/m1/s1. The zero-order chi connectivity index (χ0) is 10.8. The summed E-state index contributed by atoms with van der Waals surface area (Å²) in [5.74, 6) is 1.36. The molecule has 0 bridgehead atoms. The van der Waals surface area contributed by atoms with Crippen molar-refractivity contribution in [2.75, 3.05) is 26.4 Å². The maximum absolute atomic E-state index is 10.2. The van der Waals surface area contributed by atoms with E-state index in [1.165, 1.54) is 4.90 Å². The van der Waals surface area contributed by atoms with Gasteiger partial charge in [-0.05, 0) is 25.7 Å². The van der Waals surface area contributed by atoms with E-state index in [4.69, 9.17) is 0 Å². The van der Waals surface area contributed by atoms with Crippen LogP contribution in [0.3, 0.4) is 0 Å². The van der Waals surface area contributed by atoms with E-state index in [1.807, 2.05) is 30.0 Å². The highest BCUT2D eigenvalue weighted by atomic mass is 32.2. The van der Waals surface area contributed by atoms with E-state index in [1.54, 1.807) is 0 Å². The first-order valence-electron chi connectivity index (χ1n) is 5.23. The van der Waals surface area contributed by atoms with Crippen molar-refractivity contribution in [3.05, 3.63) is 29.8 Å². The summed E-state index contributed by atoms with van der Waals surface area (Å²) in [6.07, 6.45) is -0.301. The number of aliphatic hydroxyl groups excluding tert-OH is 1. The molecule has 1 aromatic carbocycles. The molecule has 2 rings (SSSR count). The molecule has 0 saturated heterocycles. The lowest BCUT2D eigenvalue weighted by Crippen LogP contribution is -2.30. The molecule has 3 heteroatoms. The highest BCUT2D eigenvalue weighted by Crippen LogP contribution is 2.39. The van der Waals surface area contributed by atoms with Gasteiger partial charge < -0.3 is 10.0 Å². The zero-order valence-corrected chi connectivity index (χ0v) is 10.00. The predicted octanol–water partition coefficient (Wildman–Crippen LogP) is 2.00. The summed E-state index contributed by atoms with van der Waals surface area (Å²) in [6.45, 7) is 0.947. The van der Waals surface area contributed by atoms with Crippen molar-refractivity contribution in [1.82, 2.24) is 4.90 Å². The highest BCUT2D eigenvalue weighted by Gasteiger charge is 2.28. The summed E-state index contributed by atoms with van der Waals surface area (Å²) in [6, 6.07) is 8.16. The smallest absolute Gasteiger partial charge is 0.0849 e. The summed E-state index contributed by atoms with van der Waals surface area (Å²) < 4.78 is 0. The number of thioether (sulfide) groups is 1. The summed E-state index contributed by atoms with van der Waals surface area (Å²) in [4.78, 5) is 3.38. The number of hydrogen-bond donors (Lipinski definition) is 1. The molecule has 0 spiro atoms. The Morgan fingerprint density at radius 3 is 2.87 bits per heavy atom. The molecule has 1 aromatic rings. The molecular formula is C12H17NOS. The Kier molecular flexibility index (Phi) is 3.34. The molecule has 0 radical (unpaired) electrons. The minimum absolute atomic E-state index is 0.301. The average molecular weight is 223 g/mol. The van der Waals surface area contributed by atoms with Crippen LogP contribution in [0.25, 0.3) is 0 Å². The van der Waals surface area contributed by atoms with Crippen molar-refractivity contribution in [3.8, 4) is 0 Å². The van der Waals surface area contributed by atoms with Crippen LogP contribution in [0.2, 0.25) is 0 Å². The lowest BCUT2D eigenvalue weighted by molar-refractivity contribution is 0.0980. The van der Waals surface area contributed by atoms with Crippen molar-refractivity contribution >= 4 is 11.8 Å². The summed E-state index contributed by atoms with van der Waals surface area (Å²) in [7, 11) is 4.11. The molecule has 2 atom stereocenters. The van der Waals surface area contributed by atoms with Gasteiger partial charge in [0.15, 0.2) is 0 Å². The molecule has 82 valence electrons. The Hall–Kier alpha value is -0.510. The van der Waals surface area contributed by atoms with Crippen LogP contribution in [0.4, 0.5) is 0 Å². The first-order valence-corrected chi connectivity index (χ1v) is 6.21. The second-order valence-corrected chi connectivity index (χ2v) is 5.38. The van der Waals surface area contributed by atoms with Gasteiger partial charge in [0.2, 0.25) is 0 Å². The Balaban J connectivity index is 2.18. The van der Waals surface area contributed by atoms with Crippen LogP contribution in [-0.4, -0.2) is 36.4 Å². The normalized spacial score (nSPS) is 25.3. The average Bonchev–Trinajstić information content (AvgIpc) is 2.22. The van der Waals surface area contributed by atoms with Crippen LogP contribution in [-0.2, 0) is 0 Å². The van der Waals surface area contributed by atoms with Gasteiger partial charge in [0.25, 0.3) is 0 Å². The van der Waals surface area contributed by atoms with Gasteiger partial charge in [-0.3, -0.25) is 0 Å². The molecule has 0 aromatic heterocycles. The fraction of sp³-hybridized carbons (Fsp3) is 0.500. The number of hydrogen-bond acceptors (Lipinski definition) is 3. The van der Waals surface area contributed by atoms with E-state index in [-0.39, 0.29) is 6.10 Å². The molecule has 15 heavy (non-hydrogen) atoms. The summed E-state index contributed by atoms with van der Waals surface area (Å²) >= 11 is 1.86. The number of rotatable bonds is 2. The summed E-state index contributed by atoms with van der Waals surface area (Å²) in [5, 5.41) is 10.2.